The van der Waals surface area contributed by atoms with Gasteiger partial charge in [0.2, 0.25) is 0 Å². The molecule has 1 unspecified atom stereocenters. The third-order valence-electron chi connectivity index (χ3n) is 5.07. The second-order valence-corrected chi connectivity index (χ2v) is 8.23. The lowest BCUT2D eigenvalue weighted by Gasteiger charge is -2.50. The highest BCUT2D eigenvalue weighted by Gasteiger charge is 2.44. The molecule has 0 amide bonds. The summed E-state index contributed by atoms with van der Waals surface area (Å²) in [5.74, 6) is 0.808. The van der Waals surface area contributed by atoms with Crippen LogP contribution >= 0.6 is 0 Å². The van der Waals surface area contributed by atoms with Crippen LogP contribution in [0.4, 0.5) is 0 Å². The number of morpholine rings is 1. The normalized spacial score (nSPS) is 31.7. The molecule has 0 aromatic rings. The van der Waals surface area contributed by atoms with E-state index in [0.29, 0.717) is 0 Å². The summed E-state index contributed by atoms with van der Waals surface area (Å²) in [6, 6.07) is 0. The van der Waals surface area contributed by atoms with Crippen molar-refractivity contribution in [3.63, 3.8) is 0 Å². The van der Waals surface area contributed by atoms with Gasteiger partial charge >= 0.3 is 0 Å². The predicted octanol–water partition coefficient (Wildman–Crippen LogP) is 3.39. The van der Waals surface area contributed by atoms with E-state index in [1.807, 2.05) is 0 Å². The number of hydrogen-bond acceptors (Lipinski definition) is 3. The zero-order chi connectivity index (χ0) is 15.5. The topological polar surface area (TPSA) is 15.7 Å². The molecule has 0 saturated carbocycles. The molecule has 3 heteroatoms. The molecule has 3 nitrogen and oxygen atoms in total. The van der Waals surface area contributed by atoms with E-state index >= 15 is 0 Å². The summed E-state index contributed by atoms with van der Waals surface area (Å²) in [6.07, 6.45) is 5.03. The van der Waals surface area contributed by atoms with Gasteiger partial charge in [-0.3, -0.25) is 4.90 Å². The van der Waals surface area contributed by atoms with E-state index < -0.39 is 0 Å². The molecule has 124 valence electrons. The summed E-state index contributed by atoms with van der Waals surface area (Å²) in [7, 11) is 0. The minimum atomic E-state index is 0.00135. The number of likely N-dealkylation sites (tertiary alicyclic amines) is 1. The number of rotatable bonds is 4. The summed E-state index contributed by atoms with van der Waals surface area (Å²) in [6.45, 7) is 18.5. The van der Waals surface area contributed by atoms with Gasteiger partial charge in [-0.15, -0.1) is 0 Å². The Bertz CT molecular complexity index is 329. The lowest BCUT2D eigenvalue weighted by Crippen LogP contribution is -2.59. The molecule has 0 radical (unpaired) electrons. The monoisotopic (exact) mass is 296 g/mol. The maximum atomic E-state index is 6.62. The molecule has 2 heterocycles. The van der Waals surface area contributed by atoms with Gasteiger partial charge in [-0.05, 0) is 65.1 Å². The molecule has 0 aromatic carbocycles. The summed E-state index contributed by atoms with van der Waals surface area (Å²) >= 11 is 0. The maximum absolute atomic E-state index is 6.62. The fraction of sp³-hybridized carbons (Fsp3) is 1.00. The largest absolute Gasteiger partial charge is 0.366 e. The highest BCUT2D eigenvalue weighted by molar-refractivity contribution is 4.96. The first kappa shape index (κ1) is 17.2. The van der Waals surface area contributed by atoms with Gasteiger partial charge in [-0.2, -0.15) is 0 Å². The van der Waals surface area contributed by atoms with Crippen molar-refractivity contribution in [1.82, 2.24) is 9.80 Å². The fourth-order valence-electron chi connectivity index (χ4n) is 4.02. The fourth-order valence-corrected chi connectivity index (χ4v) is 4.02. The molecule has 2 saturated heterocycles. The second kappa shape index (κ2) is 6.97. The summed E-state index contributed by atoms with van der Waals surface area (Å²) in [5.41, 5.74) is 0.103. The van der Waals surface area contributed by atoms with Gasteiger partial charge in [0, 0.05) is 19.6 Å². The van der Waals surface area contributed by atoms with Gasteiger partial charge in [0.15, 0.2) is 0 Å². The van der Waals surface area contributed by atoms with Crippen molar-refractivity contribution in [2.75, 3.05) is 39.3 Å². The quantitative estimate of drug-likeness (QED) is 0.791. The smallest absolute Gasteiger partial charge is 0.0829 e. The molecule has 1 spiro atoms. The Labute approximate surface area is 132 Å². The Balaban J connectivity index is 1.96. The second-order valence-electron chi connectivity index (χ2n) is 8.23. The van der Waals surface area contributed by atoms with Crippen LogP contribution in [-0.4, -0.2) is 60.3 Å². The molecule has 2 aliphatic heterocycles. The average Bonchev–Trinajstić information content (AvgIpc) is 2.57. The van der Waals surface area contributed by atoms with Gasteiger partial charge in [0.25, 0.3) is 0 Å². The highest BCUT2D eigenvalue weighted by Crippen LogP contribution is 2.36. The van der Waals surface area contributed by atoms with E-state index in [0.717, 1.165) is 25.6 Å². The SMILES string of the molecule is CCN1CC(C)(C)OC2(CCCN(CCC(C)C)CC2)C1. The Kier molecular flexibility index (Phi) is 5.72. The lowest BCUT2D eigenvalue weighted by atomic mass is 9.89. The molecule has 0 aliphatic carbocycles. The molecule has 0 N–H and O–H groups in total. The van der Waals surface area contributed by atoms with Crippen LogP contribution in [-0.2, 0) is 4.74 Å². The average molecular weight is 296 g/mol. The van der Waals surface area contributed by atoms with Crippen molar-refractivity contribution < 1.29 is 4.74 Å². The van der Waals surface area contributed by atoms with Gasteiger partial charge in [-0.1, -0.05) is 20.8 Å². The van der Waals surface area contributed by atoms with Crippen molar-refractivity contribution in [1.29, 1.82) is 0 Å². The molecular weight excluding hydrogens is 260 g/mol. The van der Waals surface area contributed by atoms with Crippen LogP contribution in [0, 0.1) is 5.92 Å². The van der Waals surface area contributed by atoms with Crippen LogP contribution in [0.25, 0.3) is 0 Å². The van der Waals surface area contributed by atoms with E-state index in [4.69, 9.17) is 4.74 Å². The van der Waals surface area contributed by atoms with Crippen LogP contribution < -0.4 is 0 Å². The van der Waals surface area contributed by atoms with Gasteiger partial charge in [0.1, 0.15) is 0 Å². The molecule has 2 fully saturated rings. The van der Waals surface area contributed by atoms with E-state index in [1.54, 1.807) is 0 Å². The number of likely N-dealkylation sites (N-methyl/N-ethyl adjacent to an activating group) is 1. The zero-order valence-electron chi connectivity index (χ0n) is 15.0. The first-order chi connectivity index (χ1) is 9.84. The third kappa shape index (κ3) is 4.94. The number of ether oxygens (including phenoxy) is 1. The summed E-state index contributed by atoms with van der Waals surface area (Å²) in [4.78, 5) is 5.25. The first-order valence-electron chi connectivity index (χ1n) is 8.99. The minimum absolute atomic E-state index is 0.00135. The van der Waals surface area contributed by atoms with Crippen molar-refractivity contribution in [3.8, 4) is 0 Å². The summed E-state index contributed by atoms with van der Waals surface area (Å²) in [5, 5.41) is 0. The van der Waals surface area contributed by atoms with Crippen LogP contribution in [0.15, 0.2) is 0 Å². The molecular formula is C18H36N2O. The van der Waals surface area contributed by atoms with Crippen molar-refractivity contribution >= 4 is 0 Å². The van der Waals surface area contributed by atoms with E-state index in [1.165, 1.54) is 45.3 Å². The Morgan fingerprint density at radius 2 is 1.81 bits per heavy atom. The van der Waals surface area contributed by atoms with Gasteiger partial charge in [0.05, 0.1) is 11.2 Å². The molecule has 2 aliphatic rings. The first-order valence-corrected chi connectivity index (χ1v) is 8.99. The molecule has 1 atom stereocenters. The third-order valence-corrected chi connectivity index (χ3v) is 5.07. The van der Waals surface area contributed by atoms with Crippen LogP contribution in [0.5, 0.6) is 0 Å². The highest BCUT2D eigenvalue weighted by atomic mass is 16.5. The maximum Gasteiger partial charge on any atom is 0.0829 e. The van der Waals surface area contributed by atoms with Gasteiger partial charge < -0.3 is 9.64 Å². The van der Waals surface area contributed by atoms with Gasteiger partial charge in [-0.25, -0.2) is 0 Å². The molecule has 21 heavy (non-hydrogen) atoms. The standard InChI is InChI=1S/C18H36N2O/c1-6-19-14-17(4,5)21-18(15-19)9-7-11-20(13-10-18)12-8-16(2)3/h16H,6-15H2,1-5H3. The Hall–Kier alpha value is -0.120. The Morgan fingerprint density at radius 1 is 1.05 bits per heavy atom. The Morgan fingerprint density at radius 3 is 2.48 bits per heavy atom. The molecule has 0 bridgehead atoms. The molecule has 0 aromatic heterocycles. The number of hydrogen-bond donors (Lipinski definition) is 0. The summed E-state index contributed by atoms with van der Waals surface area (Å²) < 4.78 is 6.62. The minimum Gasteiger partial charge on any atom is -0.366 e. The van der Waals surface area contributed by atoms with Crippen LogP contribution in [0.2, 0.25) is 0 Å². The van der Waals surface area contributed by atoms with Crippen molar-refractivity contribution in [2.45, 2.75) is 71.5 Å². The van der Waals surface area contributed by atoms with Crippen molar-refractivity contribution in [2.24, 2.45) is 5.92 Å². The lowest BCUT2D eigenvalue weighted by molar-refractivity contribution is -0.200. The van der Waals surface area contributed by atoms with E-state index in [2.05, 4.69) is 44.4 Å². The molecule has 2 rings (SSSR count). The van der Waals surface area contributed by atoms with E-state index in [9.17, 15) is 0 Å². The van der Waals surface area contributed by atoms with Crippen LogP contribution in [0.1, 0.15) is 60.3 Å². The van der Waals surface area contributed by atoms with Crippen molar-refractivity contribution in [3.05, 3.63) is 0 Å². The number of nitrogens with zero attached hydrogens (tertiary/aromatic N) is 2. The zero-order valence-corrected chi connectivity index (χ0v) is 15.0. The predicted molar refractivity (Wildman–Crippen MR) is 89.8 cm³/mol. The van der Waals surface area contributed by atoms with Crippen LogP contribution in [0.3, 0.4) is 0 Å². The van der Waals surface area contributed by atoms with E-state index in [-0.39, 0.29) is 11.2 Å².